The molecule has 0 radical (unpaired) electrons. The lowest BCUT2D eigenvalue weighted by molar-refractivity contribution is -0.119. The van der Waals surface area contributed by atoms with Crippen molar-refractivity contribution in [2.45, 2.75) is 39.7 Å². The van der Waals surface area contributed by atoms with Crippen molar-refractivity contribution in [3.63, 3.8) is 0 Å². The van der Waals surface area contributed by atoms with Crippen LogP contribution >= 0.6 is 11.3 Å². The van der Waals surface area contributed by atoms with Gasteiger partial charge in [-0.05, 0) is 6.07 Å². The van der Waals surface area contributed by atoms with Gasteiger partial charge in [0, 0.05) is 23.2 Å². The maximum atomic E-state index is 12.1. The molecule has 1 atom stereocenters. The first-order valence-electron chi connectivity index (χ1n) is 6.60. The molecule has 6 heteroatoms. The van der Waals surface area contributed by atoms with Crippen LogP contribution in [0.25, 0.3) is 0 Å². The average molecular weight is 292 g/mol. The molecule has 2 aromatic heterocycles. The lowest BCUT2D eigenvalue weighted by Crippen LogP contribution is -2.24. The van der Waals surface area contributed by atoms with Crippen LogP contribution in [0.5, 0.6) is 0 Å². The maximum absolute atomic E-state index is 12.1. The van der Waals surface area contributed by atoms with E-state index in [1.165, 1.54) is 11.3 Å². The number of nitrogens with one attached hydrogen (secondary N) is 1. The van der Waals surface area contributed by atoms with Crippen molar-refractivity contribution in [1.82, 2.24) is 14.8 Å². The smallest absolute Gasteiger partial charge is 0.230 e. The molecule has 0 saturated carbocycles. The summed E-state index contributed by atoms with van der Waals surface area (Å²) in [5.74, 6) is -0.188. The van der Waals surface area contributed by atoms with E-state index in [1.807, 2.05) is 24.6 Å². The Morgan fingerprint density at radius 3 is 2.80 bits per heavy atom. The van der Waals surface area contributed by atoms with E-state index in [0.29, 0.717) is 11.7 Å². The maximum Gasteiger partial charge on any atom is 0.230 e. The molecular weight excluding hydrogens is 272 g/mol. The number of rotatable bonds is 4. The van der Waals surface area contributed by atoms with Crippen molar-refractivity contribution in [2.75, 3.05) is 5.32 Å². The topological polar surface area (TPSA) is 59.8 Å². The predicted octanol–water partition coefficient (Wildman–Crippen LogP) is 2.91. The molecule has 1 amide bonds. The van der Waals surface area contributed by atoms with Gasteiger partial charge in [-0.25, -0.2) is 4.98 Å². The highest BCUT2D eigenvalue weighted by atomic mass is 32.1. The zero-order valence-corrected chi connectivity index (χ0v) is 13.1. The van der Waals surface area contributed by atoms with Gasteiger partial charge < -0.3 is 5.32 Å². The van der Waals surface area contributed by atoms with Crippen molar-refractivity contribution in [3.05, 3.63) is 29.5 Å². The molecule has 2 aromatic rings. The van der Waals surface area contributed by atoms with Gasteiger partial charge in [-0.3, -0.25) is 9.48 Å². The minimum Gasteiger partial charge on any atom is -0.302 e. The van der Waals surface area contributed by atoms with Crippen LogP contribution in [0.2, 0.25) is 0 Å². The molecule has 0 spiro atoms. The Labute approximate surface area is 123 Å². The average Bonchev–Trinajstić information content (AvgIpc) is 2.98. The minimum absolute atomic E-state index is 0.000153. The van der Waals surface area contributed by atoms with Gasteiger partial charge in [-0.2, -0.15) is 5.10 Å². The third-order valence-electron chi connectivity index (χ3n) is 2.97. The van der Waals surface area contributed by atoms with E-state index in [4.69, 9.17) is 0 Å². The lowest BCUT2D eigenvalue weighted by Gasteiger charge is -2.14. The normalized spacial score (nSPS) is 13.2. The second-order valence-electron chi connectivity index (χ2n) is 5.91. The summed E-state index contributed by atoms with van der Waals surface area (Å²) < 4.78 is 1.76. The summed E-state index contributed by atoms with van der Waals surface area (Å²) in [6.45, 7) is 8.77. The molecule has 108 valence electrons. The summed E-state index contributed by atoms with van der Waals surface area (Å²) in [6, 6.07) is 1.85. The molecule has 0 aromatic carbocycles. The van der Waals surface area contributed by atoms with Gasteiger partial charge in [0.25, 0.3) is 0 Å². The Bertz CT molecular complexity index is 568. The van der Waals surface area contributed by atoms with Crippen LogP contribution in [-0.4, -0.2) is 20.7 Å². The van der Waals surface area contributed by atoms with E-state index < -0.39 is 0 Å². The van der Waals surface area contributed by atoms with Crippen LogP contribution < -0.4 is 5.32 Å². The van der Waals surface area contributed by atoms with Crippen LogP contribution in [0.1, 0.15) is 33.4 Å². The number of carbonyl (C=O) groups is 1. The quantitative estimate of drug-likeness (QED) is 0.942. The molecular formula is C14H20N4OS. The summed E-state index contributed by atoms with van der Waals surface area (Å²) in [5.41, 5.74) is 0.998. The molecule has 0 aliphatic rings. The highest BCUT2D eigenvalue weighted by molar-refractivity contribution is 7.13. The zero-order valence-electron chi connectivity index (χ0n) is 12.3. The summed E-state index contributed by atoms with van der Waals surface area (Å²) >= 11 is 1.46. The summed E-state index contributed by atoms with van der Waals surface area (Å²) in [7, 11) is 0. The standard InChI is InChI=1S/C14H20N4OS/c1-10(8-18-7-5-6-15-18)12(19)17-13-16-11(9-20-13)14(2,3)4/h5-7,9-10H,8H2,1-4H3,(H,16,17,19). The SMILES string of the molecule is CC(Cn1cccn1)C(=O)Nc1nc(C(C)(C)C)cs1. The predicted molar refractivity (Wildman–Crippen MR) is 80.8 cm³/mol. The molecule has 1 unspecified atom stereocenters. The monoisotopic (exact) mass is 292 g/mol. The molecule has 0 fully saturated rings. The highest BCUT2D eigenvalue weighted by Crippen LogP contribution is 2.26. The van der Waals surface area contributed by atoms with E-state index in [1.54, 1.807) is 10.9 Å². The second kappa shape index (κ2) is 5.75. The number of carbonyl (C=O) groups excluding carboxylic acids is 1. The van der Waals surface area contributed by atoms with E-state index in [2.05, 4.69) is 36.2 Å². The Morgan fingerprint density at radius 2 is 2.25 bits per heavy atom. The number of anilines is 1. The van der Waals surface area contributed by atoms with E-state index in [9.17, 15) is 4.79 Å². The molecule has 0 saturated heterocycles. The van der Waals surface area contributed by atoms with Crippen molar-refractivity contribution in [2.24, 2.45) is 5.92 Å². The minimum atomic E-state index is -0.156. The number of amides is 1. The Kier molecular flexibility index (Phi) is 4.23. The van der Waals surface area contributed by atoms with E-state index in [-0.39, 0.29) is 17.2 Å². The van der Waals surface area contributed by atoms with Gasteiger partial charge in [0.15, 0.2) is 5.13 Å². The van der Waals surface area contributed by atoms with Crippen LogP contribution in [0.3, 0.4) is 0 Å². The van der Waals surface area contributed by atoms with Gasteiger partial charge in [0.2, 0.25) is 5.91 Å². The van der Waals surface area contributed by atoms with Crippen molar-refractivity contribution < 1.29 is 4.79 Å². The lowest BCUT2D eigenvalue weighted by atomic mass is 9.93. The molecule has 0 aliphatic heterocycles. The summed E-state index contributed by atoms with van der Waals surface area (Å²) in [5, 5.41) is 9.63. The fraction of sp³-hybridized carbons (Fsp3) is 0.500. The molecule has 2 rings (SSSR count). The van der Waals surface area contributed by atoms with Crippen LogP contribution in [-0.2, 0) is 16.8 Å². The van der Waals surface area contributed by atoms with Crippen molar-refractivity contribution >= 4 is 22.4 Å². The molecule has 20 heavy (non-hydrogen) atoms. The summed E-state index contributed by atoms with van der Waals surface area (Å²) in [6.07, 6.45) is 3.56. The van der Waals surface area contributed by atoms with Gasteiger partial charge >= 0.3 is 0 Å². The first-order valence-corrected chi connectivity index (χ1v) is 7.48. The molecule has 2 heterocycles. The van der Waals surface area contributed by atoms with Gasteiger partial charge in [0.1, 0.15) is 0 Å². The van der Waals surface area contributed by atoms with Crippen LogP contribution in [0.15, 0.2) is 23.8 Å². The fourth-order valence-corrected chi connectivity index (χ4v) is 2.62. The Morgan fingerprint density at radius 1 is 1.50 bits per heavy atom. The number of thiazole rings is 1. The van der Waals surface area contributed by atoms with E-state index in [0.717, 1.165) is 5.69 Å². The largest absolute Gasteiger partial charge is 0.302 e. The van der Waals surface area contributed by atoms with Crippen LogP contribution in [0, 0.1) is 5.92 Å². The van der Waals surface area contributed by atoms with Crippen molar-refractivity contribution in [3.8, 4) is 0 Å². The Hall–Kier alpha value is -1.69. The second-order valence-corrected chi connectivity index (χ2v) is 6.76. The van der Waals surface area contributed by atoms with Gasteiger partial charge in [0.05, 0.1) is 18.2 Å². The first-order chi connectivity index (χ1) is 9.36. The number of nitrogens with zero attached hydrogens (tertiary/aromatic N) is 3. The van der Waals surface area contributed by atoms with E-state index >= 15 is 0 Å². The molecule has 0 aliphatic carbocycles. The van der Waals surface area contributed by atoms with Gasteiger partial charge in [-0.15, -0.1) is 11.3 Å². The van der Waals surface area contributed by atoms with Crippen LogP contribution in [0.4, 0.5) is 5.13 Å². The van der Waals surface area contributed by atoms with Crippen molar-refractivity contribution in [1.29, 1.82) is 0 Å². The molecule has 5 nitrogen and oxygen atoms in total. The third kappa shape index (κ3) is 3.66. The number of hydrogen-bond donors (Lipinski definition) is 1. The Balaban J connectivity index is 1.95. The number of hydrogen-bond acceptors (Lipinski definition) is 4. The molecule has 1 N–H and O–H groups in total. The number of aromatic nitrogens is 3. The van der Waals surface area contributed by atoms with Gasteiger partial charge in [-0.1, -0.05) is 27.7 Å². The third-order valence-corrected chi connectivity index (χ3v) is 3.73. The zero-order chi connectivity index (χ0) is 14.8. The molecule has 0 bridgehead atoms. The fourth-order valence-electron chi connectivity index (χ4n) is 1.68. The highest BCUT2D eigenvalue weighted by Gasteiger charge is 2.19. The first kappa shape index (κ1) is 14.7. The summed E-state index contributed by atoms with van der Waals surface area (Å²) in [4.78, 5) is 16.6.